The molecule has 2 unspecified atom stereocenters. The molecule has 1 aliphatic rings. The van der Waals surface area contributed by atoms with Gasteiger partial charge in [0, 0.05) is 0 Å². The van der Waals surface area contributed by atoms with Crippen molar-refractivity contribution in [2.75, 3.05) is 0 Å². The fraction of sp³-hybridized carbons (Fsp3) is 1.00. The van der Waals surface area contributed by atoms with E-state index in [0.29, 0.717) is 12.8 Å². The number of hydrogen-bond acceptors (Lipinski definition) is 3. The van der Waals surface area contributed by atoms with E-state index in [-0.39, 0.29) is 5.41 Å². The number of aliphatic hydroxyl groups excluding tert-OH is 1. The van der Waals surface area contributed by atoms with Crippen LogP contribution in [0.25, 0.3) is 0 Å². The molecule has 0 aliphatic heterocycles. The molecule has 78 valence electrons. The summed E-state index contributed by atoms with van der Waals surface area (Å²) >= 11 is 0. The van der Waals surface area contributed by atoms with E-state index >= 15 is 0 Å². The van der Waals surface area contributed by atoms with Crippen molar-refractivity contribution >= 4 is 0 Å². The van der Waals surface area contributed by atoms with E-state index in [1.54, 1.807) is 13.8 Å². The van der Waals surface area contributed by atoms with Crippen LogP contribution in [0.2, 0.25) is 0 Å². The molecule has 1 aliphatic carbocycles. The zero-order valence-electron chi connectivity index (χ0n) is 8.83. The topological polar surface area (TPSA) is 60.7 Å². The van der Waals surface area contributed by atoms with Gasteiger partial charge in [-0.3, -0.25) is 0 Å². The molecule has 1 fully saturated rings. The van der Waals surface area contributed by atoms with Crippen LogP contribution in [0.15, 0.2) is 0 Å². The third kappa shape index (κ3) is 2.03. The zero-order chi connectivity index (χ0) is 10.5. The lowest BCUT2D eigenvalue weighted by Gasteiger charge is -2.50. The molecule has 0 amide bonds. The van der Waals surface area contributed by atoms with Crippen LogP contribution in [0.1, 0.15) is 40.5 Å². The summed E-state index contributed by atoms with van der Waals surface area (Å²) in [6, 6.07) is 0. The summed E-state index contributed by atoms with van der Waals surface area (Å²) in [5.41, 5.74) is -2.51. The lowest BCUT2D eigenvalue weighted by Crippen LogP contribution is -2.61. The Bertz CT molecular complexity index is 186. The van der Waals surface area contributed by atoms with Crippen LogP contribution in [-0.4, -0.2) is 32.6 Å². The van der Waals surface area contributed by atoms with Crippen molar-refractivity contribution in [2.24, 2.45) is 5.41 Å². The Morgan fingerprint density at radius 2 is 1.23 bits per heavy atom. The minimum atomic E-state index is -1.19. The normalized spacial score (nSPS) is 50.5. The average molecular weight is 188 g/mol. The van der Waals surface area contributed by atoms with Gasteiger partial charge in [0.05, 0.1) is 11.2 Å². The van der Waals surface area contributed by atoms with E-state index in [4.69, 9.17) is 0 Å². The van der Waals surface area contributed by atoms with E-state index in [0.717, 1.165) is 0 Å². The average Bonchev–Trinajstić information content (AvgIpc) is 1.77. The third-order valence-corrected chi connectivity index (χ3v) is 2.85. The minimum absolute atomic E-state index is 0.133. The predicted octanol–water partition coefficient (Wildman–Crippen LogP) is 0.669. The zero-order valence-corrected chi connectivity index (χ0v) is 8.83. The summed E-state index contributed by atoms with van der Waals surface area (Å²) in [7, 11) is 0. The maximum absolute atomic E-state index is 9.90. The van der Waals surface area contributed by atoms with Crippen LogP contribution in [0.3, 0.4) is 0 Å². The second-order valence-electron chi connectivity index (χ2n) is 5.63. The van der Waals surface area contributed by atoms with Gasteiger partial charge in [0.15, 0.2) is 0 Å². The van der Waals surface area contributed by atoms with Gasteiger partial charge >= 0.3 is 0 Å². The first kappa shape index (κ1) is 11.0. The van der Waals surface area contributed by atoms with Gasteiger partial charge in [-0.05, 0) is 32.1 Å². The highest BCUT2D eigenvalue weighted by atomic mass is 16.4. The van der Waals surface area contributed by atoms with Crippen molar-refractivity contribution < 1.29 is 15.3 Å². The monoisotopic (exact) mass is 188 g/mol. The molecule has 0 aromatic heterocycles. The maximum atomic E-state index is 9.90. The summed E-state index contributed by atoms with van der Waals surface area (Å²) in [6.07, 6.45) is -0.0396. The van der Waals surface area contributed by atoms with Crippen LogP contribution in [0.4, 0.5) is 0 Å². The molecule has 0 aromatic carbocycles. The Morgan fingerprint density at radius 1 is 0.923 bits per heavy atom. The Balaban J connectivity index is 2.96. The molecule has 1 saturated carbocycles. The van der Waals surface area contributed by atoms with Crippen molar-refractivity contribution in [3.05, 3.63) is 0 Å². The highest BCUT2D eigenvalue weighted by molar-refractivity contribution is 5.04. The lowest BCUT2D eigenvalue weighted by atomic mass is 9.63. The summed E-state index contributed by atoms with van der Waals surface area (Å²) in [5, 5.41) is 29.5. The largest absolute Gasteiger partial charge is 0.387 e. The Hall–Kier alpha value is -0.120. The van der Waals surface area contributed by atoms with Gasteiger partial charge < -0.3 is 15.3 Å². The Labute approximate surface area is 79.4 Å². The second-order valence-corrected chi connectivity index (χ2v) is 5.63. The highest BCUT2D eigenvalue weighted by Crippen LogP contribution is 2.45. The van der Waals surface area contributed by atoms with Gasteiger partial charge in [-0.15, -0.1) is 0 Å². The molecule has 3 heteroatoms. The Kier molecular flexibility index (Phi) is 2.26. The van der Waals surface area contributed by atoms with Crippen molar-refractivity contribution in [2.45, 2.75) is 57.8 Å². The molecule has 0 spiro atoms. The molecule has 0 bridgehead atoms. The lowest BCUT2D eigenvalue weighted by molar-refractivity contribution is -0.211. The van der Waals surface area contributed by atoms with Crippen molar-refractivity contribution in [1.29, 1.82) is 0 Å². The maximum Gasteiger partial charge on any atom is 0.111 e. The summed E-state index contributed by atoms with van der Waals surface area (Å²) in [4.78, 5) is 0. The van der Waals surface area contributed by atoms with Crippen molar-refractivity contribution in [1.82, 2.24) is 0 Å². The molecule has 1 rings (SSSR count). The summed E-state index contributed by atoms with van der Waals surface area (Å²) in [5.74, 6) is 0. The van der Waals surface area contributed by atoms with Crippen molar-refractivity contribution in [3.8, 4) is 0 Å². The molecule has 0 heterocycles. The molecule has 0 aromatic rings. The van der Waals surface area contributed by atoms with Gasteiger partial charge in [0.1, 0.15) is 6.10 Å². The SMILES string of the molecule is CC1(C)CC(C)(O)C(O)C(C)(O)C1. The minimum Gasteiger partial charge on any atom is -0.387 e. The van der Waals surface area contributed by atoms with Gasteiger partial charge in [-0.25, -0.2) is 0 Å². The van der Waals surface area contributed by atoms with Crippen LogP contribution < -0.4 is 0 Å². The fourth-order valence-corrected chi connectivity index (χ4v) is 2.86. The quantitative estimate of drug-likeness (QED) is 0.523. The first-order chi connectivity index (χ1) is 5.57. The van der Waals surface area contributed by atoms with Crippen LogP contribution >= 0.6 is 0 Å². The standard InChI is InChI=1S/C10H20O3/c1-8(2)5-9(3,12)7(11)10(4,13)6-8/h7,11-13H,5-6H2,1-4H3. The van der Waals surface area contributed by atoms with E-state index in [1.165, 1.54) is 0 Å². The molecule has 0 radical (unpaired) electrons. The van der Waals surface area contributed by atoms with Crippen molar-refractivity contribution in [3.63, 3.8) is 0 Å². The van der Waals surface area contributed by atoms with E-state index in [9.17, 15) is 15.3 Å². The molecular weight excluding hydrogens is 168 g/mol. The smallest absolute Gasteiger partial charge is 0.111 e. The second kappa shape index (κ2) is 2.69. The van der Waals surface area contributed by atoms with E-state index in [2.05, 4.69) is 0 Å². The van der Waals surface area contributed by atoms with Crippen LogP contribution in [-0.2, 0) is 0 Å². The number of rotatable bonds is 0. The molecule has 13 heavy (non-hydrogen) atoms. The molecule has 3 nitrogen and oxygen atoms in total. The van der Waals surface area contributed by atoms with Gasteiger partial charge in [-0.1, -0.05) is 13.8 Å². The van der Waals surface area contributed by atoms with E-state index < -0.39 is 17.3 Å². The van der Waals surface area contributed by atoms with E-state index in [1.807, 2.05) is 13.8 Å². The summed E-state index contributed by atoms with van der Waals surface area (Å²) in [6.45, 7) is 7.13. The fourth-order valence-electron chi connectivity index (χ4n) is 2.86. The van der Waals surface area contributed by atoms with Gasteiger partial charge in [-0.2, -0.15) is 0 Å². The molecule has 0 saturated heterocycles. The Morgan fingerprint density at radius 3 is 1.54 bits per heavy atom. The first-order valence-corrected chi connectivity index (χ1v) is 4.70. The number of aliphatic hydroxyl groups is 3. The number of hydrogen-bond donors (Lipinski definition) is 3. The highest BCUT2D eigenvalue weighted by Gasteiger charge is 2.52. The van der Waals surface area contributed by atoms with Crippen LogP contribution in [0, 0.1) is 5.41 Å². The van der Waals surface area contributed by atoms with Gasteiger partial charge in [0.25, 0.3) is 0 Å². The molecule has 2 atom stereocenters. The first-order valence-electron chi connectivity index (χ1n) is 4.70. The summed E-state index contributed by atoms with van der Waals surface area (Å²) < 4.78 is 0. The molecule has 3 N–H and O–H groups in total. The predicted molar refractivity (Wildman–Crippen MR) is 50.3 cm³/mol. The van der Waals surface area contributed by atoms with Crippen LogP contribution in [0.5, 0.6) is 0 Å². The van der Waals surface area contributed by atoms with Gasteiger partial charge in [0.2, 0.25) is 0 Å². The third-order valence-electron chi connectivity index (χ3n) is 2.85. The molecular formula is C10H20O3.